The number of aliphatic imine (C=N–C) groups is 1. The summed E-state index contributed by atoms with van der Waals surface area (Å²) in [5, 5.41) is 6.30. The molecule has 0 spiro atoms. The number of benzene rings is 2. The summed E-state index contributed by atoms with van der Waals surface area (Å²) in [6.45, 7) is 5.11. The number of halogens is 2. The SMILES string of the molecule is CCNC(=NCCS(=O)(=O)c1ccccc1)NC(C)c1ccc(OCC2CC2)c(F)c1.I. The predicted molar refractivity (Wildman–Crippen MR) is 136 cm³/mol. The van der Waals surface area contributed by atoms with E-state index >= 15 is 0 Å². The third-order valence-corrected chi connectivity index (χ3v) is 6.77. The monoisotopic (exact) mass is 575 g/mol. The molecule has 0 radical (unpaired) electrons. The summed E-state index contributed by atoms with van der Waals surface area (Å²) < 4.78 is 44.8. The first-order valence-corrected chi connectivity index (χ1v) is 12.3. The molecule has 2 aromatic carbocycles. The normalized spacial score (nSPS) is 14.9. The van der Waals surface area contributed by atoms with E-state index in [1.54, 1.807) is 36.4 Å². The lowest BCUT2D eigenvalue weighted by atomic mass is 10.1. The minimum Gasteiger partial charge on any atom is -0.490 e. The topological polar surface area (TPSA) is 79.8 Å². The Hall–Kier alpha value is -1.88. The second-order valence-corrected chi connectivity index (χ2v) is 9.81. The van der Waals surface area contributed by atoms with Gasteiger partial charge in [-0.3, -0.25) is 4.99 Å². The number of sulfone groups is 1. The smallest absolute Gasteiger partial charge is 0.191 e. The molecule has 0 heterocycles. The summed E-state index contributed by atoms with van der Waals surface area (Å²) in [6.07, 6.45) is 2.31. The largest absolute Gasteiger partial charge is 0.490 e. The first-order valence-electron chi connectivity index (χ1n) is 10.6. The number of nitrogens with zero attached hydrogens (tertiary/aromatic N) is 1. The molecular weight excluding hydrogens is 544 g/mol. The van der Waals surface area contributed by atoms with Crippen molar-refractivity contribution < 1.29 is 17.5 Å². The minimum absolute atomic E-state index is 0. The van der Waals surface area contributed by atoms with Crippen LogP contribution < -0.4 is 15.4 Å². The Morgan fingerprint density at radius 2 is 1.94 bits per heavy atom. The molecule has 32 heavy (non-hydrogen) atoms. The molecule has 176 valence electrons. The molecule has 3 rings (SSSR count). The van der Waals surface area contributed by atoms with Crippen LogP contribution in [0.1, 0.15) is 38.3 Å². The van der Waals surface area contributed by atoms with Gasteiger partial charge in [-0.2, -0.15) is 0 Å². The van der Waals surface area contributed by atoms with Crippen molar-refractivity contribution in [2.24, 2.45) is 10.9 Å². The number of hydrogen-bond donors (Lipinski definition) is 2. The quantitative estimate of drug-likeness (QED) is 0.251. The molecular formula is C23H31FIN3O3S. The van der Waals surface area contributed by atoms with Gasteiger partial charge in [-0.1, -0.05) is 24.3 Å². The maximum absolute atomic E-state index is 14.4. The lowest BCUT2D eigenvalue weighted by Crippen LogP contribution is -2.39. The molecule has 1 unspecified atom stereocenters. The molecule has 0 aliphatic heterocycles. The first kappa shape index (κ1) is 26.4. The Kier molecular flexibility index (Phi) is 10.2. The van der Waals surface area contributed by atoms with Gasteiger partial charge in [0.1, 0.15) is 0 Å². The van der Waals surface area contributed by atoms with Crippen molar-refractivity contribution >= 4 is 39.8 Å². The summed E-state index contributed by atoms with van der Waals surface area (Å²) in [6, 6.07) is 13.1. The van der Waals surface area contributed by atoms with Gasteiger partial charge in [0.25, 0.3) is 0 Å². The van der Waals surface area contributed by atoms with Crippen LogP contribution in [0.15, 0.2) is 58.4 Å². The maximum atomic E-state index is 14.4. The zero-order valence-electron chi connectivity index (χ0n) is 18.4. The van der Waals surface area contributed by atoms with Crippen LogP contribution in [0.25, 0.3) is 0 Å². The zero-order valence-corrected chi connectivity index (χ0v) is 21.5. The average molecular weight is 575 g/mol. The molecule has 2 aromatic rings. The first-order chi connectivity index (χ1) is 14.9. The lowest BCUT2D eigenvalue weighted by Gasteiger charge is -2.19. The summed E-state index contributed by atoms with van der Waals surface area (Å²) in [5.41, 5.74) is 0.749. The highest BCUT2D eigenvalue weighted by atomic mass is 127. The Bertz CT molecular complexity index is 999. The standard InChI is InChI=1S/C23H30FN3O3S.HI/c1-3-25-23(26-13-14-31(28,29)20-7-5-4-6-8-20)27-17(2)19-11-12-22(21(24)15-19)30-16-18-9-10-18;/h4-8,11-12,15,17-18H,3,9-10,13-14,16H2,1-2H3,(H2,25,26,27);1H. The van der Waals surface area contributed by atoms with Crippen LogP contribution in [0.4, 0.5) is 4.39 Å². The minimum atomic E-state index is -3.40. The predicted octanol–water partition coefficient (Wildman–Crippen LogP) is 4.32. The van der Waals surface area contributed by atoms with Crippen molar-refractivity contribution in [3.05, 3.63) is 59.9 Å². The van der Waals surface area contributed by atoms with E-state index < -0.39 is 9.84 Å². The van der Waals surface area contributed by atoms with Crippen molar-refractivity contribution in [1.29, 1.82) is 0 Å². The molecule has 0 amide bonds. The Balaban J connectivity index is 0.00000363. The van der Waals surface area contributed by atoms with Crippen molar-refractivity contribution in [2.75, 3.05) is 25.4 Å². The molecule has 0 aromatic heterocycles. The van der Waals surface area contributed by atoms with Gasteiger partial charge in [0.2, 0.25) is 0 Å². The van der Waals surface area contributed by atoms with Crippen LogP contribution in [0.3, 0.4) is 0 Å². The Morgan fingerprint density at radius 3 is 2.56 bits per heavy atom. The third-order valence-electron chi connectivity index (χ3n) is 5.06. The highest BCUT2D eigenvalue weighted by Gasteiger charge is 2.22. The summed E-state index contributed by atoms with van der Waals surface area (Å²) in [7, 11) is -3.40. The highest BCUT2D eigenvalue weighted by molar-refractivity contribution is 14.0. The fourth-order valence-corrected chi connectivity index (χ4v) is 4.17. The van der Waals surface area contributed by atoms with E-state index in [1.165, 1.54) is 6.07 Å². The van der Waals surface area contributed by atoms with Crippen molar-refractivity contribution in [1.82, 2.24) is 10.6 Å². The van der Waals surface area contributed by atoms with Crippen LogP contribution in [-0.2, 0) is 9.84 Å². The fraction of sp³-hybridized carbons (Fsp3) is 0.435. The van der Waals surface area contributed by atoms with E-state index in [9.17, 15) is 12.8 Å². The highest BCUT2D eigenvalue weighted by Crippen LogP contribution is 2.30. The number of hydrogen-bond acceptors (Lipinski definition) is 4. The number of nitrogens with one attached hydrogen (secondary N) is 2. The molecule has 0 bridgehead atoms. The molecule has 0 saturated heterocycles. The van der Waals surface area contributed by atoms with Gasteiger partial charge in [-0.15, -0.1) is 24.0 Å². The third kappa shape index (κ3) is 7.91. The number of rotatable bonds is 10. The van der Waals surface area contributed by atoms with Crippen molar-refractivity contribution in [3.8, 4) is 5.75 Å². The van der Waals surface area contributed by atoms with E-state index in [0.29, 0.717) is 25.0 Å². The van der Waals surface area contributed by atoms with E-state index in [4.69, 9.17) is 4.74 Å². The van der Waals surface area contributed by atoms with Gasteiger partial charge in [0, 0.05) is 6.54 Å². The van der Waals surface area contributed by atoms with E-state index in [-0.39, 0.29) is 58.8 Å². The van der Waals surface area contributed by atoms with Gasteiger partial charge in [-0.25, -0.2) is 12.8 Å². The van der Waals surface area contributed by atoms with Gasteiger partial charge in [0.05, 0.1) is 29.8 Å². The molecule has 1 aliphatic rings. The van der Waals surface area contributed by atoms with Gasteiger partial charge >= 0.3 is 0 Å². The van der Waals surface area contributed by atoms with Crippen molar-refractivity contribution in [2.45, 2.75) is 37.6 Å². The van der Waals surface area contributed by atoms with Gasteiger partial charge in [-0.05, 0) is 62.4 Å². The van der Waals surface area contributed by atoms with E-state index in [1.807, 2.05) is 19.9 Å². The van der Waals surface area contributed by atoms with E-state index in [2.05, 4.69) is 15.6 Å². The van der Waals surface area contributed by atoms with Gasteiger partial charge < -0.3 is 15.4 Å². The van der Waals surface area contributed by atoms with Crippen molar-refractivity contribution in [3.63, 3.8) is 0 Å². The molecule has 9 heteroatoms. The van der Waals surface area contributed by atoms with Crippen LogP contribution >= 0.6 is 24.0 Å². The lowest BCUT2D eigenvalue weighted by molar-refractivity contribution is 0.285. The second kappa shape index (κ2) is 12.4. The van der Waals surface area contributed by atoms with E-state index in [0.717, 1.165) is 18.4 Å². The summed E-state index contributed by atoms with van der Waals surface area (Å²) >= 11 is 0. The molecule has 1 fully saturated rings. The zero-order chi connectivity index (χ0) is 22.3. The molecule has 2 N–H and O–H groups in total. The summed E-state index contributed by atoms with van der Waals surface area (Å²) in [4.78, 5) is 4.67. The maximum Gasteiger partial charge on any atom is 0.191 e. The fourth-order valence-electron chi connectivity index (χ4n) is 3.03. The number of guanidine groups is 1. The second-order valence-electron chi connectivity index (χ2n) is 7.70. The average Bonchev–Trinajstić information content (AvgIpc) is 3.58. The Morgan fingerprint density at radius 1 is 1.22 bits per heavy atom. The molecule has 1 atom stereocenters. The molecule has 6 nitrogen and oxygen atoms in total. The van der Waals surface area contributed by atoms with Crippen LogP contribution in [0, 0.1) is 11.7 Å². The Labute approximate surface area is 207 Å². The molecule has 1 aliphatic carbocycles. The molecule has 1 saturated carbocycles. The van der Waals surface area contributed by atoms with Crippen LogP contribution in [0.2, 0.25) is 0 Å². The van der Waals surface area contributed by atoms with Crippen LogP contribution in [-0.4, -0.2) is 39.8 Å². The van der Waals surface area contributed by atoms with Crippen LogP contribution in [0.5, 0.6) is 5.75 Å². The number of ether oxygens (including phenoxy) is 1. The summed E-state index contributed by atoms with van der Waals surface area (Å²) in [5.74, 6) is 0.832. The van der Waals surface area contributed by atoms with Gasteiger partial charge in [0.15, 0.2) is 27.4 Å².